The van der Waals surface area contributed by atoms with Gasteiger partial charge in [-0.05, 0) is 24.3 Å². The lowest BCUT2D eigenvalue weighted by molar-refractivity contribution is -0.118. The number of aromatic nitrogens is 2. The predicted molar refractivity (Wildman–Crippen MR) is 85.3 cm³/mol. The number of benzene rings is 2. The number of nitrogens with one attached hydrogen (secondary N) is 1. The molecule has 0 fully saturated rings. The summed E-state index contributed by atoms with van der Waals surface area (Å²) in [7, 11) is 0. The molecule has 1 amide bonds. The number of ether oxygens (including phenoxy) is 1. The van der Waals surface area contributed by atoms with Crippen LogP contribution in [0.15, 0.2) is 52.9 Å². The van der Waals surface area contributed by atoms with E-state index in [0.29, 0.717) is 0 Å². The molecule has 0 unspecified atom stereocenters. The quantitative estimate of drug-likeness (QED) is 0.763. The summed E-state index contributed by atoms with van der Waals surface area (Å²) < 4.78 is 23.6. The fraction of sp³-hybridized carbons (Fsp3) is 0.0625. The highest BCUT2D eigenvalue weighted by molar-refractivity contribution is 6.30. The highest BCUT2D eigenvalue weighted by Gasteiger charge is 2.12. The van der Waals surface area contributed by atoms with Gasteiger partial charge < -0.3 is 9.15 Å². The zero-order valence-corrected chi connectivity index (χ0v) is 13.0. The Morgan fingerprint density at radius 3 is 2.75 bits per heavy atom. The number of halogens is 2. The molecule has 24 heavy (non-hydrogen) atoms. The molecule has 3 rings (SSSR count). The number of carbonyl (C=O) groups excluding carboxylic acids is 1. The largest absolute Gasteiger partial charge is 0.484 e. The van der Waals surface area contributed by atoms with Gasteiger partial charge in [-0.2, -0.15) is 0 Å². The molecule has 0 atom stereocenters. The topological polar surface area (TPSA) is 77.2 Å². The van der Waals surface area contributed by atoms with Gasteiger partial charge in [0.2, 0.25) is 5.89 Å². The zero-order valence-electron chi connectivity index (χ0n) is 12.2. The van der Waals surface area contributed by atoms with E-state index in [1.54, 1.807) is 12.1 Å². The van der Waals surface area contributed by atoms with Crippen LogP contribution in [0.5, 0.6) is 5.75 Å². The van der Waals surface area contributed by atoms with Crippen LogP contribution in [0, 0.1) is 5.82 Å². The molecular formula is C16H11ClFN3O3. The summed E-state index contributed by atoms with van der Waals surface area (Å²) in [6.45, 7) is -0.314. The van der Waals surface area contributed by atoms with Gasteiger partial charge >= 0.3 is 6.01 Å². The molecule has 1 N–H and O–H groups in total. The second kappa shape index (κ2) is 7.10. The number of hydrogen-bond acceptors (Lipinski definition) is 5. The van der Waals surface area contributed by atoms with Crippen LogP contribution in [-0.2, 0) is 4.79 Å². The Bertz CT molecular complexity index is 855. The Kier molecular flexibility index (Phi) is 4.72. The predicted octanol–water partition coefficient (Wildman–Crippen LogP) is 3.55. The first-order valence-corrected chi connectivity index (χ1v) is 7.26. The van der Waals surface area contributed by atoms with Crippen LogP contribution in [0.4, 0.5) is 10.4 Å². The van der Waals surface area contributed by atoms with Gasteiger partial charge in [-0.25, -0.2) is 4.39 Å². The molecule has 0 saturated heterocycles. The normalized spacial score (nSPS) is 10.4. The molecule has 8 heteroatoms. The minimum absolute atomic E-state index is 0.0420. The summed E-state index contributed by atoms with van der Waals surface area (Å²) in [5.41, 5.74) is 0.739. The van der Waals surface area contributed by atoms with Gasteiger partial charge in [-0.1, -0.05) is 34.9 Å². The Hall–Kier alpha value is -2.93. The number of rotatable bonds is 5. The first kappa shape index (κ1) is 15.9. The van der Waals surface area contributed by atoms with Crippen molar-refractivity contribution < 1.29 is 18.3 Å². The van der Waals surface area contributed by atoms with Crippen molar-refractivity contribution in [1.82, 2.24) is 10.2 Å². The number of carbonyl (C=O) groups is 1. The van der Waals surface area contributed by atoms with E-state index in [-0.39, 0.29) is 29.3 Å². The molecule has 0 spiro atoms. The second-order valence-electron chi connectivity index (χ2n) is 4.69. The lowest BCUT2D eigenvalue weighted by Gasteiger charge is -2.05. The van der Waals surface area contributed by atoms with Crippen molar-refractivity contribution in [2.45, 2.75) is 0 Å². The van der Waals surface area contributed by atoms with Crippen molar-refractivity contribution in [2.24, 2.45) is 0 Å². The molecule has 0 radical (unpaired) electrons. The van der Waals surface area contributed by atoms with Crippen molar-refractivity contribution >= 4 is 23.5 Å². The third kappa shape index (κ3) is 3.88. The van der Waals surface area contributed by atoms with E-state index >= 15 is 0 Å². The van der Waals surface area contributed by atoms with E-state index in [1.807, 2.05) is 18.2 Å². The lowest BCUT2D eigenvalue weighted by atomic mass is 10.2. The molecule has 122 valence electrons. The van der Waals surface area contributed by atoms with Gasteiger partial charge in [0.05, 0.1) is 5.02 Å². The van der Waals surface area contributed by atoms with Crippen LogP contribution in [-0.4, -0.2) is 22.7 Å². The van der Waals surface area contributed by atoms with E-state index in [9.17, 15) is 9.18 Å². The van der Waals surface area contributed by atoms with Crippen molar-refractivity contribution in [3.63, 3.8) is 0 Å². The summed E-state index contributed by atoms with van der Waals surface area (Å²) in [5.74, 6) is -0.504. The van der Waals surface area contributed by atoms with Crippen molar-refractivity contribution in [3.05, 3.63) is 59.4 Å². The molecule has 1 aromatic heterocycles. The number of amides is 1. The Labute approximate surface area is 141 Å². The Morgan fingerprint density at radius 2 is 2.00 bits per heavy atom. The third-order valence-electron chi connectivity index (χ3n) is 2.95. The molecule has 3 aromatic rings. The first-order valence-electron chi connectivity index (χ1n) is 6.88. The Balaban J connectivity index is 1.57. The summed E-state index contributed by atoms with van der Waals surface area (Å²) in [5, 5.41) is 9.92. The maximum atomic E-state index is 13.0. The monoisotopic (exact) mass is 347 g/mol. The number of nitrogens with zero attached hydrogens (tertiary/aromatic N) is 2. The highest BCUT2D eigenvalue weighted by Crippen LogP contribution is 2.21. The summed E-state index contributed by atoms with van der Waals surface area (Å²) in [6, 6.07) is 12.9. The van der Waals surface area contributed by atoms with Gasteiger partial charge in [-0.15, -0.1) is 5.10 Å². The smallest absolute Gasteiger partial charge is 0.322 e. The standard InChI is InChI=1S/C16H11ClFN3O3/c17-12-8-11(6-7-13(12)18)23-9-14(22)19-16-21-20-15(24-16)10-4-2-1-3-5-10/h1-8H,9H2,(H,19,21,22). The van der Waals surface area contributed by atoms with Crippen LogP contribution in [0.2, 0.25) is 5.02 Å². The molecule has 6 nitrogen and oxygen atoms in total. The van der Waals surface area contributed by atoms with Crippen molar-refractivity contribution in [3.8, 4) is 17.2 Å². The SMILES string of the molecule is O=C(COc1ccc(F)c(Cl)c1)Nc1nnc(-c2ccccc2)o1. The minimum Gasteiger partial charge on any atom is -0.484 e. The number of anilines is 1. The molecule has 0 aliphatic rings. The van der Waals surface area contributed by atoms with Crippen LogP contribution in [0.25, 0.3) is 11.5 Å². The fourth-order valence-electron chi connectivity index (χ4n) is 1.84. The maximum Gasteiger partial charge on any atom is 0.322 e. The van der Waals surface area contributed by atoms with Crippen LogP contribution in [0.1, 0.15) is 0 Å². The van der Waals surface area contributed by atoms with Crippen LogP contribution in [0.3, 0.4) is 0 Å². The maximum absolute atomic E-state index is 13.0. The van der Waals surface area contributed by atoms with Crippen molar-refractivity contribution in [2.75, 3.05) is 11.9 Å². The average Bonchev–Trinajstić information content (AvgIpc) is 3.05. The van der Waals surface area contributed by atoms with E-state index < -0.39 is 11.7 Å². The number of hydrogen-bond donors (Lipinski definition) is 1. The summed E-state index contributed by atoms with van der Waals surface area (Å²) in [6.07, 6.45) is 0. The zero-order chi connectivity index (χ0) is 16.9. The van der Waals surface area contributed by atoms with Gasteiger partial charge in [0.25, 0.3) is 5.91 Å². The average molecular weight is 348 g/mol. The highest BCUT2D eigenvalue weighted by atomic mass is 35.5. The molecule has 0 bridgehead atoms. The first-order chi connectivity index (χ1) is 11.6. The molecule has 0 aliphatic carbocycles. The molecule has 1 heterocycles. The fourth-order valence-corrected chi connectivity index (χ4v) is 2.01. The van der Waals surface area contributed by atoms with Crippen molar-refractivity contribution in [1.29, 1.82) is 0 Å². The molecule has 2 aromatic carbocycles. The molecule has 0 saturated carbocycles. The second-order valence-corrected chi connectivity index (χ2v) is 5.10. The lowest BCUT2D eigenvalue weighted by Crippen LogP contribution is -2.20. The van der Waals surface area contributed by atoms with Crippen LogP contribution < -0.4 is 10.1 Å². The van der Waals surface area contributed by atoms with E-state index in [4.69, 9.17) is 20.8 Å². The van der Waals surface area contributed by atoms with Gasteiger partial charge in [-0.3, -0.25) is 10.1 Å². The minimum atomic E-state index is -0.562. The van der Waals surface area contributed by atoms with Gasteiger partial charge in [0, 0.05) is 11.6 Å². The van der Waals surface area contributed by atoms with E-state index in [0.717, 1.165) is 11.6 Å². The molecular weight excluding hydrogens is 337 g/mol. The van der Waals surface area contributed by atoms with Crippen LogP contribution >= 0.6 is 11.6 Å². The summed E-state index contributed by atoms with van der Waals surface area (Å²) >= 11 is 5.63. The Morgan fingerprint density at radius 1 is 1.21 bits per heavy atom. The molecule has 0 aliphatic heterocycles. The van der Waals surface area contributed by atoms with E-state index in [1.165, 1.54) is 12.1 Å². The third-order valence-corrected chi connectivity index (χ3v) is 3.24. The van der Waals surface area contributed by atoms with E-state index in [2.05, 4.69) is 15.5 Å². The van der Waals surface area contributed by atoms with Gasteiger partial charge in [0.1, 0.15) is 11.6 Å². The van der Waals surface area contributed by atoms with Gasteiger partial charge in [0.15, 0.2) is 6.61 Å². The summed E-state index contributed by atoms with van der Waals surface area (Å²) in [4.78, 5) is 11.8.